The summed E-state index contributed by atoms with van der Waals surface area (Å²) in [6.45, 7) is 7.79. The third-order valence-corrected chi connectivity index (χ3v) is 5.47. The second-order valence-corrected chi connectivity index (χ2v) is 7.69. The average molecular weight is 522 g/mol. The first-order valence-corrected chi connectivity index (χ1v) is 11.1. The number of ether oxygens (including phenoxy) is 1. The Morgan fingerprint density at radius 3 is 2.51 bits per heavy atom. The molecule has 4 N–H and O–H groups in total. The summed E-state index contributed by atoms with van der Waals surface area (Å²) in [5.41, 5.74) is 9.85. The lowest BCUT2D eigenvalue weighted by Crippen LogP contribution is -2.40. The van der Waals surface area contributed by atoms with Gasteiger partial charge in [0.2, 0.25) is 0 Å². The first-order valence-electron chi connectivity index (χ1n) is 11.1. The molecule has 0 atom stereocenters. The Labute approximate surface area is 208 Å². The van der Waals surface area contributed by atoms with Crippen molar-refractivity contribution in [1.82, 2.24) is 30.0 Å². The molecule has 3 aromatic heterocycles. The summed E-state index contributed by atoms with van der Waals surface area (Å²) < 4.78 is 41.3. The van der Waals surface area contributed by atoms with Gasteiger partial charge in [0.15, 0.2) is 28.2 Å². The van der Waals surface area contributed by atoms with Gasteiger partial charge >= 0.3 is 6.18 Å². The van der Waals surface area contributed by atoms with Gasteiger partial charge in [-0.05, 0) is 32.9 Å². The number of carboxylic acids is 1. The van der Waals surface area contributed by atoms with Crippen molar-refractivity contribution in [3.8, 4) is 5.75 Å². The van der Waals surface area contributed by atoms with Crippen molar-refractivity contribution in [1.29, 1.82) is 0 Å². The molecule has 1 aromatic carbocycles. The highest BCUT2D eigenvalue weighted by atomic mass is 19.4. The SMILES string of the molecule is CCn1c(CNC(=O)c2nc3c(C)n[nH]c3nc2N)[n+](CC)c2ccc(OC)cc21.O=C([O-])C(F)(F)F. The fourth-order valence-corrected chi connectivity index (χ4v) is 3.77. The largest absolute Gasteiger partial charge is 0.542 e. The van der Waals surface area contributed by atoms with E-state index in [1.807, 2.05) is 18.2 Å². The quantitative estimate of drug-likeness (QED) is 0.312. The van der Waals surface area contributed by atoms with Gasteiger partial charge in [-0.3, -0.25) is 9.89 Å². The van der Waals surface area contributed by atoms with Gasteiger partial charge in [0, 0.05) is 6.07 Å². The molecule has 4 aromatic rings. The third kappa shape index (κ3) is 5.54. The molecule has 0 saturated heterocycles. The van der Waals surface area contributed by atoms with Gasteiger partial charge in [0.25, 0.3) is 11.7 Å². The highest BCUT2D eigenvalue weighted by Gasteiger charge is 2.29. The molecule has 15 heteroatoms. The number of hydrogen-bond acceptors (Lipinski definition) is 8. The lowest BCUT2D eigenvalue weighted by molar-refractivity contribution is -0.676. The number of nitrogens with zero attached hydrogens (tertiary/aromatic N) is 5. The van der Waals surface area contributed by atoms with Crippen LogP contribution in [0.2, 0.25) is 0 Å². The van der Waals surface area contributed by atoms with Gasteiger partial charge in [-0.1, -0.05) is 0 Å². The van der Waals surface area contributed by atoms with Crippen molar-refractivity contribution in [3.05, 3.63) is 35.4 Å². The molecule has 0 fully saturated rings. The molecule has 12 nitrogen and oxygen atoms in total. The highest BCUT2D eigenvalue weighted by Crippen LogP contribution is 2.21. The van der Waals surface area contributed by atoms with E-state index in [0.29, 0.717) is 23.4 Å². The van der Waals surface area contributed by atoms with Crippen LogP contribution in [0.25, 0.3) is 22.2 Å². The molecule has 0 aliphatic carbocycles. The van der Waals surface area contributed by atoms with Gasteiger partial charge in [-0.15, -0.1) is 0 Å². The highest BCUT2D eigenvalue weighted by molar-refractivity contribution is 5.98. The molecule has 0 unspecified atom stereocenters. The number of imidazole rings is 1. The number of carbonyl (C=O) groups excluding carboxylic acids is 2. The topological polar surface area (TPSA) is 168 Å². The number of aliphatic carboxylic acids is 1. The van der Waals surface area contributed by atoms with Crippen LogP contribution in [0, 0.1) is 6.92 Å². The number of anilines is 1. The van der Waals surface area contributed by atoms with Gasteiger partial charge < -0.3 is 25.7 Å². The van der Waals surface area contributed by atoms with E-state index in [1.165, 1.54) is 0 Å². The fourth-order valence-electron chi connectivity index (χ4n) is 3.77. The second-order valence-electron chi connectivity index (χ2n) is 7.69. The molecule has 3 heterocycles. The van der Waals surface area contributed by atoms with Gasteiger partial charge in [0.1, 0.15) is 23.8 Å². The molecule has 1 amide bonds. The van der Waals surface area contributed by atoms with E-state index in [2.05, 4.69) is 48.5 Å². The average Bonchev–Trinajstić information content (AvgIpc) is 3.36. The zero-order chi connectivity index (χ0) is 27.5. The van der Waals surface area contributed by atoms with Crippen LogP contribution in [0.4, 0.5) is 19.0 Å². The Hall–Kier alpha value is -4.43. The van der Waals surface area contributed by atoms with Crippen LogP contribution in [0.5, 0.6) is 5.75 Å². The number of methoxy groups -OCH3 is 1. The van der Waals surface area contributed by atoms with Crippen molar-refractivity contribution in [3.63, 3.8) is 0 Å². The molecule has 0 bridgehead atoms. The van der Waals surface area contributed by atoms with Crippen LogP contribution in [-0.4, -0.2) is 49.9 Å². The molecule has 37 heavy (non-hydrogen) atoms. The van der Waals surface area contributed by atoms with E-state index in [-0.39, 0.29) is 17.4 Å². The first kappa shape index (κ1) is 27.2. The Kier molecular flexibility index (Phi) is 7.84. The minimum Gasteiger partial charge on any atom is -0.542 e. The molecule has 4 rings (SSSR count). The normalized spacial score (nSPS) is 11.3. The predicted octanol–water partition coefficient (Wildman–Crippen LogP) is 0.763. The number of hydrogen-bond donors (Lipinski definition) is 3. The van der Waals surface area contributed by atoms with E-state index in [4.69, 9.17) is 20.4 Å². The summed E-state index contributed by atoms with van der Waals surface area (Å²) in [7, 11) is 1.65. The van der Waals surface area contributed by atoms with E-state index in [9.17, 15) is 18.0 Å². The Bertz CT molecular complexity index is 1460. The maximum absolute atomic E-state index is 12.9. The number of carbonyl (C=O) groups is 2. The number of nitrogens with two attached hydrogens (primary N) is 1. The number of aromatic amines is 1. The van der Waals surface area contributed by atoms with Gasteiger partial charge in [-0.25, -0.2) is 19.1 Å². The van der Waals surface area contributed by atoms with Crippen molar-refractivity contribution < 1.29 is 37.2 Å². The maximum Gasteiger partial charge on any atom is 0.430 e. The molecule has 198 valence electrons. The number of aromatic nitrogens is 6. The smallest absolute Gasteiger partial charge is 0.430 e. The van der Waals surface area contributed by atoms with Crippen LogP contribution in [0.3, 0.4) is 0 Å². The van der Waals surface area contributed by atoms with Crippen LogP contribution in [-0.2, 0) is 24.4 Å². The summed E-state index contributed by atoms with van der Waals surface area (Å²) in [5.74, 6) is -1.56. The van der Waals surface area contributed by atoms with E-state index >= 15 is 0 Å². The minimum atomic E-state index is -5.19. The predicted molar refractivity (Wildman–Crippen MR) is 123 cm³/mol. The maximum atomic E-state index is 12.9. The molecule has 0 radical (unpaired) electrons. The first-order chi connectivity index (χ1) is 17.4. The third-order valence-electron chi connectivity index (χ3n) is 5.47. The number of nitrogens with one attached hydrogen (secondary N) is 2. The zero-order valence-corrected chi connectivity index (χ0v) is 20.4. The van der Waals surface area contributed by atoms with Crippen LogP contribution in [0.15, 0.2) is 18.2 Å². The van der Waals surface area contributed by atoms with Crippen molar-refractivity contribution in [2.75, 3.05) is 12.8 Å². The van der Waals surface area contributed by atoms with Crippen LogP contribution < -0.4 is 25.5 Å². The fraction of sp³-hybridized carbons (Fsp3) is 0.364. The summed E-state index contributed by atoms with van der Waals surface area (Å²) in [6.07, 6.45) is -5.19. The molecular weight excluding hydrogens is 497 g/mol. The van der Waals surface area contributed by atoms with E-state index < -0.39 is 12.1 Å². The number of amides is 1. The summed E-state index contributed by atoms with van der Waals surface area (Å²) in [5, 5.41) is 18.5. The van der Waals surface area contributed by atoms with Crippen LogP contribution >= 0.6 is 0 Å². The molecule has 0 aliphatic rings. The molecule has 0 aliphatic heterocycles. The lowest BCUT2D eigenvalue weighted by atomic mass is 10.3. The van der Waals surface area contributed by atoms with Crippen LogP contribution in [0.1, 0.15) is 35.9 Å². The number of fused-ring (bicyclic) bond motifs is 2. The number of nitrogen functional groups attached to an aromatic ring is 1. The second kappa shape index (κ2) is 10.7. The molecular formula is C22H25F3N8O4. The van der Waals surface area contributed by atoms with E-state index in [0.717, 1.165) is 35.7 Å². The number of carboxylic acid groups (broad SMARTS) is 1. The summed E-state index contributed by atoms with van der Waals surface area (Å²) >= 11 is 0. The summed E-state index contributed by atoms with van der Waals surface area (Å²) in [6, 6.07) is 5.99. The van der Waals surface area contributed by atoms with Crippen molar-refractivity contribution in [2.45, 2.75) is 46.6 Å². The number of benzene rings is 1. The van der Waals surface area contributed by atoms with Gasteiger partial charge in [-0.2, -0.15) is 18.3 Å². The standard InChI is InChI=1S/C20H24N8O2.C2HF3O2/c1-5-27-13-8-7-12(30-4)9-14(13)28(6-2)15(27)10-22-20(29)17-18(21)24-19-16(23-17)11(3)25-26-19;3-2(4,5)1(6)7/h7-9H,5-6,10H2,1-4H3,(H3-,21,22,23,24,25,26,29);(H,6,7). The Morgan fingerprint density at radius 2 is 1.95 bits per heavy atom. The number of H-pyrrole nitrogens is 1. The summed E-state index contributed by atoms with van der Waals surface area (Å²) in [4.78, 5) is 30.2. The Morgan fingerprint density at radius 1 is 1.27 bits per heavy atom. The molecule has 0 spiro atoms. The number of alkyl halides is 3. The molecule has 0 saturated carbocycles. The Balaban J connectivity index is 0.000000479. The van der Waals surface area contributed by atoms with E-state index in [1.54, 1.807) is 14.0 Å². The van der Waals surface area contributed by atoms with Gasteiger partial charge in [0.05, 0.1) is 25.9 Å². The number of aryl methyl sites for hydroxylation is 3. The number of halogens is 3. The lowest BCUT2D eigenvalue weighted by Gasteiger charge is -2.07. The minimum absolute atomic E-state index is 0.0628. The monoisotopic (exact) mass is 522 g/mol. The zero-order valence-electron chi connectivity index (χ0n) is 20.4. The van der Waals surface area contributed by atoms with Crippen molar-refractivity contribution in [2.24, 2.45) is 0 Å². The number of rotatable bonds is 6. The van der Waals surface area contributed by atoms with Crippen molar-refractivity contribution >= 4 is 39.9 Å².